The highest BCUT2D eigenvalue weighted by Crippen LogP contribution is 2.79. The maximum Gasteiger partial charge on any atom is 0.501 e. The molecule has 8 aliphatic rings. The van der Waals surface area contributed by atoms with E-state index in [1.54, 1.807) is 28.2 Å². The number of thioether (sulfide) groups is 1. The van der Waals surface area contributed by atoms with Gasteiger partial charge in [0.1, 0.15) is 10.9 Å². The predicted octanol–water partition coefficient (Wildman–Crippen LogP) is 9.41. The predicted molar refractivity (Wildman–Crippen MR) is 350 cm³/mol. The number of amides is 7. The van der Waals surface area contributed by atoms with Crippen LogP contribution in [0, 0.1) is 16.2 Å². The first kappa shape index (κ1) is 68.3. The second-order valence-electron chi connectivity index (χ2n) is 27.2. The van der Waals surface area contributed by atoms with Crippen LogP contribution >= 0.6 is 11.8 Å². The number of carbonyl (C=O) groups excluding carboxylic acids is 7. The topological polar surface area (TPSA) is 252 Å². The van der Waals surface area contributed by atoms with Gasteiger partial charge in [-0.25, -0.2) is 21.6 Å². The molecule has 12 rings (SSSR count). The standard InChI is InChI=1S/C68H82F3N9O11S3/c1-4-66-42-67(43-66,44-66)52-39-65(2,3)28-26-46(52)40-77-32-34-78(35-33-77)48-20-18-45(19-21-48)61(84)75-94(90,91)50-22-23-53(56(38-50)93(88,89)68(69,70)71)72-47(41-92-49-12-7-5-8-13-49)27-29-76-30-36-79(37-31-76)59(83)17-10-6-9-16-57(81)73-54-15-11-14-51-60(54)64(87)80(63(51)86)55-24-25-58(82)74-62(55)85/h5,7-8,11-15,18-23,38,47,55,72H,4,6,9-10,16-17,24-37,39-44H2,1-3H3,(H,73,81)(H,75,84)(H,74,82,85)/t47-,55?,66?,67?/m1/s1. The van der Waals surface area contributed by atoms with Crippen LogP contribution in [0.4, 0.5) is 30.2 Å². The van der Waals surface area contributed by atoms with E-state index in [9.17, 15) is 63.6 Å². The van der Waals surface area contributed by atoms with Crippen molar-refractivity contribution in [1.29, 1.82) is 0 Å². The highest BCUT2D eigenvalue weighted by molar-refractivity contribution is 7.99. The minimum absolute atomic E-state index is 0.00995. The lowest BCUT2D eigenvalue weighted by molar-refractivity contribution is -0.182. The number of alkyl halides is 3. The first-order valence-corrected chi connectivity index (χ1v) is 36.5. The Bertz CT molecular complexity index is 3850. The fourth-order valence-corrected chi connectivity index (χ4v) is 17.8. The van der Waals surface area contributed by atoms with Gasteiger partial charge in [-0.05, 0) is 147 Å². The number of unbranched alkanes of at least 4 members (excludes halogenated alkanes) is 2. The Morgan fingerprint density at radius 3 is 2.14 bits per heavy atom. The Morgan fingerprint density at radius 2 is 1.46 bits per heavy atom. The smallest absolute Gasteiger partial charge is 0.380 e. The number of rotatable bonds is 25. The molecule has 4 aromatic rings. The number of piperazine rings is 2. The summed E-state index contributed by atoms with van der Waals surface area (Å²) in [7, 11) is -11.1. The Labute approximate surface area is 551 Å². The summed E-state index contributed by atoms with van der Waals surface area (Å²) in [6, 6.07) is 20.6. The van der Waals surface area contributed by atoms with Gasteiger partial charge in [0, 0.05) is 113 Å². The number of fused-ring (bicyclic) bond motifs is 1. The molecule has 4 aliphatic heterocycles. The van der Waals surface area contributed by atoms with Gasteiger partial charge >= 0.3 is 5.51 Å². The average Bonchev–Trinajstić information content (AvgIpc) is 0.772. The third kappa shape index (κ3) is 14.8. The van der Waals surface area contributed by atoms with Gasteiger partial charge in [0.2, 0.25) is 23.6 Å². The van der Waals surface area contributed by atoms with E-state index in [0.29, 0.717) is 80.7 Å². The number of halogens is 3. The van der Waals surface area contributed by atoms with Crippen LogP contribution in [0.3, 0.4) is 0 Å². The average molecular weight is 1350 g/mol. The lowest BCUT2D eigenvalue weighted by Gasteiger charge is -2.73. The van der Waals surface area contributed by atoms with Crippen molar-refractivity contribution >= 4 is 90.0 Å². The van der Waals surface area contributed by atoms with E-state index in [0.717, 1.165) is 66.8 Å². The lowest BCUT2D eigenvalue weighted by Crippen LogP contribution is -2.63. The quantitative estimate of drug-likeness (QED) is 0.0209. The molecule has 4 aromatic carbocycles. The molecule has 7 amide bonds. The number of sulfone groups is 1. The third-order valence-electron chi connectivity index (χ3n) is 20.2. The van der Waals surface area contributed by atoms with Crippen LogP contribution in [0.5, 0.6) is 0 Å². The van der Waals surface area contributed by atoms with E-state index in [1.807, 2.05) is 35.1 Å². The first-order chi connectivity index (χ1) is 44.7. The number of benzene rings is 4. The fourth-order valence-electron chi connectivity index (χ4n) is 14.8. The SMILES string of the molecule is CCC12CC(C3=C(CN4CCN(c5ccc(C(=O)NS(=O)(=O)c6ccc(N[C@H](CCN7CCN(C(=O)CCCCCC(=O)Nc8cccc9c8C(=O)N(C8CCC(=O)NC8=O)C9=O)CC7)CSc7ccccc7)c(S(=O)(=O)C(F)(F)F)c6)cc5)CC4)CCC(C)(C)C3)(C1)C2. The van der Waals surface area contributed by atoms with Crippen molar-refractivity contribution in [2.75, 3.05) is 86.7 Å². The number of hydrogen-bond acceptors (Lipinski definition) is 16. The molecule has 3 saturated heterocycles. The van der Waals surface area contributed by atoms with Crippen LogP contribution in [-0.2, 0) is 39.0 Å². The number of piperidine rings is 1. The molecule has 26 heteroatoms. The minimum Gasteiger partial charge on any atom is -0.380 e. The summed E-state index contributed by atoms with van der Waals surface area (Å²) in [6.07, 6.45) is 10.8. The monoisotopic (exact) mass is 1350 g/mol. The minimum atomic E-state index is -6.17. The van der Waals surface area contributed by atoms with Crippen molar-refractivity contribution in [2.45, 2.75) is 149 Å². The molecule has 2 bridgehead atoms. The van der Waals surface area contributed by atoms with Crippen molar-refractivity contribution in [3.05, 3.63) is 119 Å². The summed E-state index contributed by atoms with van der Waals surface area (Å²) in [6.45, 7) is 13.5. The maximum atomic E-state index is 14.5. The van der Waals surface area contributed by atoms with Gasteiger partial charge in [0.25, 0.3) is 37.6 Å². The summed E-state index contributed by atoms with van der Waals surface area (Å²) in [5, 5.41) is 7.87. The second kappa shape index (κ2) is 27.5. The Hall–Kier alpha value is -7.13. The highest BCUT2D eigenvalue weighted by Gasteiger charge is 2.68. The number of nitrogens with one attached hydrogen (secondary N) is 4. The van der Waals surface area contributed by atoms with Crippen molar-refractivity contribution in [2.24, 2.45) is 16.2 Å². The van der Waals surface area contributed by atoms with Gasteiger partial charge in [0.05, 0.1) is 27.4 Å². The summed E-state index contributed by atoms with van der Waals surface area (Å²) < 4.78 is 100.0. The van der Waals surface area contributed by atoms with E-state index < -0.39 is 88.4 Å². The molecule has 504 valence electrons. The van der Waals surface area contributed by atoms with E-state index >= 15 is 0 Å². The van der Waals surface area contributed by atoms with Gasteiger partial charge in [-0.3, -0.25) is 53.6 Å². The molecule has 3 saturated carbocycles. The number of imide groups is 2. The molecular weight excluding hydrogens is 1270 g/mol. The molecule has 94 heavy (non-hydrogen) atoms. The van der Waals surface area contributed by atoms with Crippen molar-refractivity contribution in [3.8, 4) is 0 Å². The van der Waals surface area contributed by atoms with Gasteiger partial charge in [-0.15, -0.1) is 11.8 Å². The van der Waals surface area contributed by atoms with E-state index in [-0.39, 0.29) is 59.7 Å². The van der Waals surface area contributed by atoms with E-state index in [2.05, 4.69) is 51.4 Å². The Balaban J connectivity index is 0.658. The molecule has 0 radical (unpaired) electrons. The van der Waals surface area contributed by atoms with Gasteiger partial charge in [-0.2, -0.15) is 13.2 Å². The Kier molecular flexibility index (Phi) is 20.0. The molecule has 4 N–H and O–H groups in total. The summed E-state index contributed by atoms with van der Waals surface area (Å²) in [5.41, 5.74) is -0.651. The van der Waals surface area contributed by atoms with Crippen LogP contribution in [0.25, 0.3) is 0 Å². The van der Waals surface area contributed by atoms with Crippen LogP contribution in [0.15, 0.2) is 117 Å². The van der Waals surface area contributed by atoms with Crippen molar-refractivity contribution in [1.82, 2.24) is 29.6 Å². The van der Waals surface area contributed by atoms with Crippen LogP contribution in [0.1, 0.15) is 148 Å². The largest absolute Gasteiger partial charge is 0.501 e. The van der Waals surface area contributed by atoms with Crippen LogP contribution in [0.2, 0.25) is 0 Å². The van der Waals surface area contributed by atoms with E-state index in [4.69, 9.17) is 0 Å². The zero-order valence-electron chi connectivity index (χ0n) is 53.3. The molecule has 4 aliphatic carbocycles. The molecule has 4 heterocycles. The van der Waals surface area contributed by atoms with E-state index in [1.165, 1.54) is 80.6 Å². The first-order valence-electron chi connectivity index (χ1n) is 32.6. The maximum absolute atomic E-state index is 14.5. The van der Waals surface area contributed by atoms with Crippen LogP contribution in [-0.4, -0.2) is 167 Å². The molecule has 1 unspecified atom stereocenters. The molecule has 0 aromatic heterocycles. The normalized spacial score (nSPS) is 22.9. The summed E-state index contributed by atoms with van der Waals surface area (Å²) in [4.78, 5) is 98.9. The third-order valence-corrected chi connectivity index (χ3v) is 24.2. The number of sulfonamides is 1. The highest BCUT2D eigenvalue weighted by atomic mass is 32.2. The van der Waals surface area contributed by atoms with Crippen molar-refractivity contribution in [3.63, 3.8) is 0 Å². The zero-order valence-corrected chi connectivity index (χ0v) is 55.7. The number of carbonyl (C=O) groups is 7. The molecule has 2 atom stereocenters. The Morgan fingerprint density at radius 1 is 0.766 bits per heavy atom. The number of hydrogen-bond donors (Lipinski definition) is 4. The van der Waals surface area contributed by atoms with Crippen molar-refractivity contribution < 1.29 is 63.6 Å². The number of nitrogens with zero attached hydrogens (tertiary/aromatic N) is 5. The summed E-state index contributed by atoms with van der Waals surface area (Å²) in [5.74, 6) is -3.95. The van der Waals surface area contributed by atoms with Gasteiger partial charge in [-0.1, -0.05) is 69.0 Å². The molecule has 6 fully saturated rings. The zero-order chi connectivity index (χ0) is 67.0. The summed E-state index contributed by atoms with van der Waals surface area (Å²) >= 11 is 1.39. The lowest BCUT2D eigenvalue weighted by atomic mass is 9.31. The van der Waals surface area contributed by atoms with Gasteiger partial charge in [0.15, 0.2) is 0 Å². The molecule has 20 nitrogen and oxygen atoms in total. The number of anilines is 3. The molecular formula is C68H82F3N9O11S3. The second-order valence-corrected chi connectivity index (χ2v) is 31.9. The fraction of sp³-hybridized carbons (Fsp3) is 0.515. The number of allylic oxidation sites excluding steroid dienone is 1. The molecule has 0 spiro atoms. The van der Waals surface area contributed by atoms with Gasteiger partial charge < -0.3 is 20.4 Å². The van der Waals surface area contributed by atoms with Crippen LogP contribution < -0.4 is 25.6 Å².